The molecule has 1 aromatic heterocycles. The Bertz CT molecular complexity index is 674. The van der Waals surface area contributed by atoms with Crippen LogP contribution < -0.4 is 0 Å². The van der Waals surface area contributed by atoms with Crippen LogP contribution in [0.2, 0.25) is 0 Å². The molecule has 0 amide bonds. The van der Waals surface area contributed by atoms with Gasteiger partial charge in [0.25, 0.3) is 0 Å². The number of unbranched alkanes of at least 4 members (excludes halogenated alkanes) is 4. The van der Waals surface area contributed by atoms with Crippen molar-refractivity contribution in [3.8, 4) is 0 Å². The summed E-state index contributed by atoms with van der Waals surface area (Å²) >= 11 is 0. The van der Waals surface area contributed by atoms with Crippen LogP contribution in [0, 0.1) is 0 Å². The maximum atomic E-state index is 11.5. The second kappa shape index (κ2) is 6.39. The standard InChI is InChI=1S/C15H22N2O2S/c1-3-4-5-6-7-8-15-16-13-10-9-12(20(2,18)19)11-14(13)17-15/h9-11H,3-8H2,1-2H3,(H,16,17). The molecule has 0 fully saturated rings. The van der Waals surface area contributed by atoms with E-state index in [4.69, 9.17) is 0 Å². The summed E-state index contributed by atoms with van der Waals surface area (Å²) < 4.78 is 23.0. The van der Waals surface area contributed by atoms with Gasteiger partial charge in [-0.3, -0.25) is 0 Å². The Hall–Kier alpha value is -1.36. The molecule has 2 aromatic rings. The molecule has 110 valence electrons. The molecule has 1 aromatic carbocycles. The largest absolute Gasteiger partial charge is 0.342 e. The van der Waals surface area contributed by atoms with Crippen LogP contribution in [-0.4, -0.2) is 24.6 Å². The van der Waals surface area contributed by atoms with Crippen molar-refractivity contribution in [3.63, 3.8) is 0 Å². The Kier molecular flexibility index (Phi) is 4.81. The monoisotopic (exact) mass is 294 g/mol. The number of rotatable bonds is 7. The minimum Gasteiger partial charge on any atom is -0.342 e. The van der Waals surface area contributed by atoms with Crippen LogP contribution in [0.4, 0.5) is 0 Å². The lowest BCUT2D eigenvalue weighted by molar-refractivity contribution is 0.602. The second-order valence-corrected chi connectivity index (χ2v) is 7.31. The highest BCUT2D eigenvalue weighted by molar-refractivity contribution is 7.90. The van der Waals surface area contributed by atoms with E-state index in [1.165, 1.54) is 31.9 Å². The minimum atomic E-state index is -3.16. The summed E-state index contributed by atoms with van der Waals surface area (Å²) in [5.41, 5.74) is 1.64. The first kappa shape index (κ1) is 15.0. The van der Waals surface area contributed by atoms with Gasteiger partial charge in [0.15, 0.2) is 9.84 Å². The average molecular weight is 294 g/mol. The molecular weight excluding hydrogens is 272 g/mol. The Morgan fingerprint density at radius 2 is 1.90 bits per heavy atom. The van der Waals surface area contributed by atoms with E-state index >= 15 is 0 Å². The zero-order chi connectivity index (χ0) is 14.6. The fraction of sp³-hybridized carbons (Fsp3) is 0.533. The van der Waals surface area contributed by atoms with Gasteiger partial charge in [0.1, 0.15) is 5.82 Å². The minimum absolute atomic E-state index is 0.336. The quantitative estimate of drug-likeness (QED) is 0.795. The van der Waals surface area contributed by atoms with Crippen LogP contribution in [0.1, 0.15) is 44.9 Å². The topological polar surface area (TPSA) is 62.8 Å². The predicted octanol–water partition coefficient (Wildman–Crippen LogP) is 3.48. The number of aryl methyl sites for hydroxylation is 1. The van der Waals surface area contributed by atoms with Gasteiger partial charge in [-0.1, -0.05) is 32.6 Å². The molecule has 20 heavy (non-hydrogen) atoms. The molecule has 0 saturated carbocycles. The number of hydrogen-bond donors (Lipinski definition) is 1. The Morgan fingerprint density at radius 3 is 2.60 bits per heavy atom. The van der Waals surface area contributed by atoms with Crippen molar-refractivity contribution in [3.05, 3.63) is 24.0 Å². The summed E-state index contributed by atoms with van der Waals surface area (Å²) in [5.74, 6) is 0.946. The highest BCUT2D eigenvalue weighted by Gasteiger charge is 2.10. The zero-order valence-corrected chi connectivity index (χ0v) is 13.0. The van der Waals surface area contributed by atoms with Crippen molar-refractivity contribution in [2.75, 3.05) is 6.26 Å². The number of nitrogens with zero attached hydrogens (tertiary/aromatic N) is 1. The fourth-order valence-electron chi connectivity index (χ4n) is 2.29. The lowest BCUT2D eigenvalue weighted by Crippen LogP contribution is -1.96. The summed E-state index contributed by atoms with van der Waals surface area (Å²) in [7, 11) is -3.16. The number of aromatic nitrogens is 2. The lowest BCUT2D eigenvalue weighted by atomic mass is 10.1. The van der Waals surface area contributed by atoms with Gasteiger partial charge in [-0.15, -0.1) is 0 Å². The molecule has 1 N–H and O–H groups in total. The highest BCUT2D eigenvalue weighted by atomic mass is 32.2. The van der Waals surface area contributed by atoms with Crippen LogP contribution in [0.3, 0.4) is 0 Å². The Labute approximate surface area is 120 Å². The van der Waals surface area contributed by atoms with E-state index in [-0.39, 0.29) is 0 Å². The predicted molar refractivity (Wildman–Crippen MR) is 81.7 cm³/mol. The number of hydrogen-bond acceptors (Lipinski definition) is 3. The summed E-state index contributed by atoms with van der Waals surface area (Å²) in [4.78, 5) is 8.06. The summed E-state index contributed by atoms with van der Waals surface area (Å²) in [6, 6.07) is 5.05. The van der Waals surface area contributed by atoms with Gasteiger partial charge in [-0.05, 0) is 24.6 Å². The van der Waals surface area contributed by atoms with Crippen LogP contribution >= 0.6 is 0 Å². The smallest absolute Gasteiger partial charge is 0.175 e. The molecule has 0 atom stereocenters. The van der Waals surface area contributed by atoms with Crippen molar-refractivity contribution in [2.24, 2.45) is 0 Å². The van der Waals surface area contributed by atoms with E-state index in [0.29, 0.717) is 4.90 Å². The fourth-order valence-corrected chi connectivity index (χ4v) is 2.93. The number of H-pyrrole nitrogens is 1. The lowest BCUT2D eigenvalue weighted by Gasteiger charge is -1.97. The first-order valence-corrected chi connectivity index (χ1v) is 9.08. The molecule has 5 heteroatoms. The number of nitrogens with one attached hydrogen (secondary N) is 1. The number of imidazole rings is 1. The average Bonchev–Trinajstić information content (AvgIpc) is 2.79. The number of fused-ring (bicyclic) bond motifs is 1. The van der Waals surface area contributed by atoms with Crippen molar-refractivity contribution < 1.29 is 8.42 Å². The molecule has 0 aliphatic rings. The zero-order valence-electron chi connectivity index (χ0n) is 12.1. The van der Waals surface area contributed by atoms with Gasteiger partial charge in [0.2, 0.25) is 0 Å². The van der Waals surface area contributed by atoms with Crippen molar-refractivity contribution in [1.29, 1.82) is 0 Å². The van der Waals surface area contributed by atoms with E-state index in [2.05, 4.69) is 16.9 Å². The molecule has 0 aliphatic carbocycles. The molecule has 0 radical (unpaired) electrons. The van der Waals surface area contributed by atoms with Crippen molar-refractivity contribution in [1.82, 2.24) is 9.97 Å². The van der Waals surface area contributed by atoms with Gasteiger partial charge >= 0.3 is 0 Å². The van der Waals surface area contributed by atoms with E-state index < -0.39 is 9.84 Å². The third-order valence-electron chi connectivity index (χ3n) is 3.45. The third-order valence-corrected chi connectivity index (χ3v) is 4.56. The summed E-state index contributed by atoms with van der Waals surface area (Å²) in [6.07, 6.45) is 8.30. The first-order valence-electron chi connectivity index (χ1n) is 7.19. The molecule has 0 aliphatic heterocycles. The van der Waals surface area contributed by atoms with Crippen molar-refractivity contribution in [2.45, 2.75) is 50.3 Å². The third kappa shape index (κ3) is 3.82. The van der Waals surface area contributed by atoms with Crippen LogP contribution in [0.25, 0.3) is 11.0 Å². The number of benzene rings is 1. The van der Waals surface area contributed by atoms with Gasteiger partial charge in [-0.25, -0.2) is 13.4 Å². The van der Waals surface area contributed by atoms with Crippen LogP contribution in [0.5, 0.6) is 0 Å². The maximum absolute atomic E-state index is 11.5. The molecule has 4 nitrogen and oxygen atoms in total. The van der Waals surface area contributed by atoms with Gasteiger partial charge in [0, 0.05) is 12.7 Å². The van der Waals surface area contributed by atoms with Crippen molar-refractivity contribution >= 4 is 20.9 Å². The molecule has 0 bridgehead atoms. The number of aromatic amines is 1. The van der Waals surface area contributed by atoms with E-state index in [1.807, 2.05) is 0 Å². The van der Waals surface area contributed by atoms with E-state index in [0.717, 1.165) is 29.7 Å². The van der Waals surface area contributed by atoms with Gasteiger partial charge in [-0.2, -0.15) is 0 Å². The molecule has 0 unspecified atom stereocenters. The molecular formula is C15H22N2O2S. The summed E-state index contributed by atoms with van der Waals surface area (Å²) in [6.45, 7) is 2.21. The first-order chi connectivity index (χ1) is 9.50. The highest BCUT2D eigenvalue weighted by Crippen LogP contribution is 2.18. The number of sulfone groups is 1. The Morgan fingerprint density at radius 1 is 1.15 bits per heavy atom. The maximum Gasteiger partial charge on any atom is 0.175 e. The van der Waals surface area contributed by atoms with Crippen LogP contribution in [0.15, 0.2) is 23.1 Å². The molecule has 0 saturated heterocycles. The van der Waals surface area contributed by atoms with Crippen LogP contribution in [-0.2, 0) is 16.3 Å². The SMILES string of the molecule is CCCCCCCc1nc2ccc(S(C)(=O)=O)cc2[nH]1. The molecule has 1 heterocycles. The normalized spacial score (nSPS) is 12.1. The summed E-state index contributed by atoms with van der Waals surface area (Å²) in [5, 5.41) is 0. The Balaban J connectivity index is 2.06. The molecule has 2 rings (SSSR count). The molecule has 0 spiro atoms. The van der Waals surface area contributed by atoms with E-state index in [1.54, 1.807) is 18.2 Å². The second-order valence-electron chi connectivity index (χ2n) is 5.30. The van der Waals surface area contributed by atoms with E-state index in [9.17, 15) is 8.42 Å². The van der Waals surface area contributed by atoms with Gasteiger partial charge < -0.3 is 4.98 Å². The van der Waals surface area contributed by atoms with Gasteiger partial charge in [0.05, 0.1) is 15.9 Å².